The van der Waals surface area contributed by atoms with E-state index in [9.17, 15) is 4.79 Å². The Labute approximate surface area is 95.0 Å². The molecule has 82 valence electrons. The fraction of sp³-hybridized carbons (Fsp3) is 0.417. The van der Waals surface area contributed by atoms with Crippen molar-refractivity contribution in [1.29, 1.82) is 0 Å². The summed E-state index contributed by atoms with van der Waals surface area (Å²) in [6, 6.07) is 5.86. The second kappa shape index (κ2) is 5.81. The minimum atomic E-state index is 0.180. The van der Waals surface area contributed by atoms with Gasteiger partial charge in [-0.05, 0) is 31.7 Å². The Kier molecular flexibility index (Phi) is 4.69. The van der Waals surface area contributed by atoms with Crippen LogP contribution in [0.2, 0.25) is 0 Å². The Morgan fingerprint density at radius 1 is 1.47 bits per heavy atom. The van der Waals surface area contributed by atoms with Crippen molar-refractivity contribution in [2.24, 2.45) is 0 Å². The van der Waals surface area contributed by atoms with Gasteiger partial charge in [0.25, 0.3) is 0 Å². The van der Waals surface area contributed by atoms with Gasteiger partial charge in [0.15, 0.2) is 0 Å². The molecule has 0 saturated heterocycles. The first-order valence-corrected chi connectivity index (χ1v) is 6.19. The first-order valence-electron chi connectivity index (χ1n) is 4.97. The molecule has 0 saturated carbocycles. The Morgan fingerprint density at radius 3 is 2.73 bits per heavy atom. The summed E-state index contributed by atoms with van der Waals surface area (Å²) in [6.07, 6.45) is 2.48. The second-order valence-corrected chi connectivity index (χ2v) is 4.08. The topological polar surface area (TPSA) is 26.3 Å². The van der Waals surface area contributed by atoms with Gasteiger partial charge in [-0.25, -0.2) is 0 Å². The Morgan fingerprint density at radius 2 is 2.20 bits per heavy atom. The van der Waals surface area contributed by atoms with Crippen LogP contribution >= 0.6 is 11.8 Å². The number of thioether (sulfide) groups is 1. The van der Waals surface area contributed by atoms with Crippen LogP contribution in [0.5, 0.6) is 5.75 Å². The molecular weight excluding hydrogens is 208 g/mol. The van der Waals surface area contributed by atoms with E-state index in [0.29, 0.717) is 13.0 Å². The molecule has 0 aliphatic rings. The van der Waals surface area contributed by atoms with Gasteiger partial charge in [0, 0.05) is 6.42 Å². The highest BCUT2D eigenvalue weighted by molar-refractivity contribution is 7.98. The third-order valence-corrected chi connectivity index (χ3v) is 2.88. The van der Waals surface area contributed by atoms with Gasteiger partial charge < -0.3 is 4.74 Å². The van der Waals surface area contributed by atoms with E-state index in [2.05, 4.69) is 0 Å². The molecule has 0 aromatic heterocycles. The van der Waals surface area contributed by atoms with E-state index in [4.69, 9.17) is 4.74 Å². The molecule has 2 nitrogen and oxygen atoms in total. The van der Waals surface area contributed by atoms with Crippen molar-refractivity contribution >= 4 is 17.5 Å². The van der Waals surface area contributed by atoms with Crippen LogP contribution in [0.25, 0.3) is 0 Å². The number of carbonyl (C=O) groups is 1. The van der Waals surface area contributed by atoms with Gasteiger partial charge in [-0.15, -0.1) is 11.8 Å². The van der Waals surface area contributed by atoms with Gasteiger partial charge in [-0.1, -0.05) is 12.1 Å². The number of hydrogen-bond acceptors (Lipinski definition) is 3. The quantitative estimate of drug-likeness (QED) is 0.719. The molecule has 0 spiro atoms. The molecule has 0 radical (unpaired) electrons. The zero-order valence-electron chi connectivity index (χ0n) is 9.37. The second-order valence-electron chi connectivity index (χ2n) is 3.26. The zero-order valence-corrected chi connectivity index (χ0v) is 10.2. The number of ether oxygens (including phenoxy) is 1. The van der Waals surface area contributed by atoms with E-state index in [1.807, 2.05) is 31.4 Å². The highest BCUT2D eigenvalue weighted by Gasteiger charge is 2.09. The summed E-state index contributed by atoms with van der Waals surface area (Å²) in [4.78, 5) is 12.2. The predicted molar refractivity (Wildman–Crippen MR) is 63.8 cm³/mol. The van der Waals surface area contributed by atoms with E-state index in [-0.39, 0.29) is 5.78 Å². The Balaban J connectivity index is 3.04. The van der Waals surface area contributed by atoms with Crippen LogP contribution in [-0.4, -0.2) is 18.6 Å². The van der Waals surface area contributed by atoms with E-state index in [1.165, 1.54) is 0 Å². The lowest BCUT2D eigenvalue weighted by Crippen LogP contribution is -2.01. The monoisotopic (exact) mass is 224 g/mol. The molecule has 1 aromatic rings. The van der Waals surface area contributed by atoms with Crippen LogP contribution < -0.4 is 4.74 Å². The van der Waals surface area contributed by atoms with Gasteiger partial charge >= 0.3 is 0 Å². The summed E-state index contributed by atoms with van der Waals surface area (Å²) >= 11 is 1.63. The highest BCUT2D eigenvalue weighted by atomic mass is 32.2. The summed E-state index contributed by atoms with van der Waals surface area (Å²) in [6.45, 7) is 4.22. The molecule has 0 aliphatic carbocycles. The first kappa shape index (κ1) is 12.1. The first-order chi connectivity index (χ1) is 7.19. The van der Waals surface area contributed by atoms with Crippen molar-refractivity contribution in [3.8, 4) is 5.75 Å². The van der Waals surface area contributed by atoms with Crippen LogP contribution in [-0.2, 0) is 11.2 Å². The molecule has 0 bridgehead atoms. The van der Waals surface area contributed by atoms with Crippen molar-refractivity contribution < 1.29 is 9.53 Å². The SMILES string of the molecule is CCOc1cccc(CC(C)=O)c1SC. The molecule has 0 amide bonds. The smallest absolute Gasteiger partial charge is 0.134 e. The number of hydrogen-bond donors (Lipinski definition) is 0. The normalized spacial score (nSPS) is 10.1. The molecule has 0 aliphatic heterocycles. The summed E-state index contributed by atoms with van der Waals surface area (Å²) in [7, 11) is 0. The minimum Gasteiger partial charge on any atom is -0.493 e. The van der Waals surface area contributed by atoms with Crippen LogP contribution in [0.4, 0.5) is 0 Å². The maximum absolute atomic E-state index is 11.1. The molecule has 15 heavy (non-hydrogen) atoms. The molecular formula is C12H16O2S. The van der Waals surface area contributed by atoms with E-state index in [0.717, 1.165) is 16.2 Å². The Bertz CT molecular complexity index is 347. The lowest BCUT2D eigenvalue weighted by molar-refractivity contribution is -0.116. The molecule has 1 aromatic carbocycles. The summed E-state index contributed by atoms with van der Waals surface area (Å²) in [5, 5.41) is 0. The van der Waals surface area contributed by atoms with E-state index < -0.39 is 0 Å². The third-order valence-electron chi connectivity index (χ3n) is 2.00. The fourth-order valence-electron chi connectivity index (χ4n) is 1.47. The van der Waals surface area contributed by atoms with Crippen molar-refractivity contribution in [2.75, 3.05) is 12.9 Å². The van der Waals surface area contributed by atoms with E-state index >= 15 is 0 Å². The fourth-order valence-corrected chi connectivity index (χ4v) is 2.20. The molecule has 1 rings (SSSR count). The molecule has 0 heterocycles. The van der Waals surface area contributed by atoms with E-state index in [1.54, 1.807) is 18.7 Å². The van der Waals surface area contributed by atoms with Crippen molar-refractivity contribution in [1.82, 2.24) is 0 Å². The average molecular weight is 224 g/mol. The molecule has 0 fully saturated rings. The van der Waals surface area contributed by atoms with Gasteiger partial charge in [0.2, 0.25) is 0 Å². The lowest BCUT2D eigenvalue weighted by Gasteiger charge is -2.11. The molecule has 3 heteroatoms. The lowest BCUT2D eigenvalue weighted by atomic mass is 10.1. The third kappa shape index (κ3) is 3.27. The van der Waals surface area contributed by atoms with Crippen molar-refractivity contribution in [2.45, 2.75) is 25.2 Å². The number of Topliss-reactive ketones (excluding diaryl/α,β-unsaturated/α-hetero) is 1. The summed E-state index contributed by atoms with van der Waals surface area (Å²) in [5.74, 6) is 1.06. The largest absolute Gasteiger partial charge is 0.493 e. The van der Waals surface area contributed by atoms with Gasteiger partial charge in [-0.2, -0.15) is 0 Å². The van der Waals surface area contributed by atoms with Gasteiger partial charge in [0.05, 0.1) is 11.5 Å². The predicted octanol–water partition coefficient (Wildman–Crippen LogP) is 2.94. The number of ketones is 1. The van der Waals surface area contributed by atoms with Crippen molar-refractivity contribution in [3.05, 3.63) is 23.8 Å². The minimum absolute atomic E-state index is 0.180. The number of carbonyl (C=O) groups excluding carboxylic acids is 1. The van der Waals surface area contributed by atoms with Crippen LogP contribution in [0, 0.1) is 0 Å². The molecule has 0 unspecified atom stereocenters. The summed E-state index contributed by atoms with van der Waals surface area (Å²) < 4.78 is 5.52. The number of benzene rings is 1. The van der Waals surface area contributed by atoms with Crippen molar-refractivity contribution in [3.63, 3.8) is 0 Å². The summed E-state index contributed by atoms with van der Waals surface area (Å²) in [5.41, 5.74) is 1.06. The maximum atomic E-state index is 11.1. The van der Waals surface area contributed by atoms with Crippen LogP contribution in [0.3, 0.4) is 0 Å². The zero-order chi connectivity index (χ0) is 11.3. The molecule has 0 atom stereocenters. The van der Waals surface area contributed by atoms with Crippen LogP contribution in [0.1, 0.15) is 19.4 Å². The highest BCUT2D eigenvalue weighted by Crippen LogP contribution is 2.31. The maximum Gasteiger partial charge on any atom is 0.134 e. The van der Waals surface area contributed by atoms with Crippen LogP contribution in [0.15, 0.2) is 23.1 Å². The standard InChI is InChI=1S/C12H16O2S/c1-4-14-11-7-5-6-10(8-9(2)13)12(11)15-3/h5-7H,4,8H2,1-3H3. The average Bonchev–Trinajstić information content (AvgIpc) is 2.18. The van der Waals surface area contributed by atoms with Gasteiger partial charge in [-0.3, -0.25) is 4.79 Å². The Hall–Kier alpha value is -0.960. The van der Waals surface area contributed by atoms with Gasteiger partial charge in [0.1, 0.15) is 11.5 Å². The number of rotatable bonds is 5. The molecule has 0 N–H and O–H groups in total.